The molecule has 1 aromatic carbocycles. The number of hydrogen-bond donors (Lipinski definition) is 1. The predicted molar refractivity (Wildman–Crippen MR) is 98.5 cm³/mol. The van der Waals surface area contributed by atoms with Gasteiger partial charge in [-0.05, 0) is 31.9 Å². The van der Waals surface area contributed by atoms with Crippen LogP contribution in [0.1, 0.15) is 36.1 Å². The minimum atomic E-state index is -0.299. The van der Waals surface area contributed by atoms with Gasteiger partial charge in [0.15, 0.2) is 12.3 Å². The van der Waals surface area contributed by atoms with Gasteiger partial charge in [-0.1, -0.05) is 18.2 Å². The van der Waals surface area contributed by atoms with Crippen molar-refractivity contribution in [3.63, 3.8) is 0 Å². The first-order valence-corrected chi connectivity index (χ1v) is 8.96. The van der Waals surface area contributed by atoms with E-state index in [1.165, 1.54) is 6.26 Å². The van der Waals surface area contributed by atoms with Crippen LogP contribution in [0.4, 0.5) is 0 Å². The highest BCUT2D eigenvalue weighted by atomic mass is 16.5. The molecule has 0 spiro atoms. The molecule has 0 aliphatic carbocycles. The number of amides is 1. The van der Waals surface area contributed by atoms with Crippen LogP contribution < -0.4 is 10.1 Å². The van der Waals surface area contributed by atoms with E-state index in [1.54, 1.807) is 6.20 Å². The summed E-state index contributed by atoms with van der Waals surface area (Å²) >= 11 is 0. The van der Waals surface area contributed by atoms with E-state index < -0.39 is 0 Å². The van der Waals surface area contributed by atoms with Gasteiger partial charge in [0.1, 0.15) is 17.5 Å². The molecule has 1 fully saturated rings. The lowest BCUT2D eigenvalue weighted by molar-refractivity contribution is 0.0205. The Kier molecular flexibility index (Phi) is 4.77. The molecule has 1 aliphatic heterocycles. The Bertz CT molecular complexity index is 942. The van der Waals surface area contributed by atoms with Crippen LogP contribution in [0.5, 0.6) is 5.75 Å². The molecule has 1 atom stereocenters. The van der Waals surface area contributed by atoms with Crippen LogP contribution in [0.3, 0.4) is 0 Å². The lowest BCUT2D eigenvalue weighted by Crippen LogP contribution is -2.40. The average Bonchev–Trinajstić information content (AvgIpc) is 3.34. The quantitative estimate of drug-likeness (QED) is 0.720. The molecule has 4 rings (SSSR count). The molecule has 1 saturated heterocycles. The molecular weight excluding hydrogens is 346 g/mol. The Labute approximate surface area is 156 Å². The van der Waals surface area contributed by atoms with E-state index in [0.717, 1.165) is 30.4 Å². The number of benzene rings is 1. The number of oxazole rings is 1. The normalized spacial score (nSPS) is 19.3. The molecule has 2 aromatic heterocycles. The third kappa shape index (κ3) is 3.93. The van der Waals surface area contributed by atoms with Gasteiger partial charge in [0, 0.05) is 24.7 Å². The number of fused-ring (bicyclic) bond motifs is 1. The van der Waals surface area contributed by atoms with Gasteiger partial charge >= 0.3 is 0 Å². The average molecular weight is 367 g/mol. The summed E-state index contributed by atoms with van der Waals surface area (Å²) in [4.78, 5) is 20.8. The number of pyridine rings is 1. The zero-order chi connectivity index (χ0) is 18.7. The van der Waals surface area contributed by atoms with E-state index in [1.807, 2.05) is 37.3 Å². The lowest BCUT2D eigenvalue weighted by Gasteiger charge is -2.22. The minimum Gasteiger partial charge on any atom is -0.482 e. The van der Waals surface area contributed by atoms with Gasteiger partial charge in [-0.15, -0.1) is 0 Å². The molecule has 7 nitrogen and oxygen atoms in total. The van der Waals surface area contributed by atoms with Crippen molar-refractivity contribution in [2.45, 2.75) is 32.0 Å². The van der Waals surface area contributed by atoms with Crippen molar-refractivity contribution in [1.82, 2.24) is 15.3 Å². The number of carbonyl (C=O) groups is 1. The first-order chi connectivity index (χ1) is 13.1. The largest absolute Gasteiger partial charge is 0.482 e. The number of ether oxygens (including phenoxy) is 2. The van der Waals surface area contributed by atoms with Crippen LogP contribution in [0, 0.1) is 0 Å². The number of nitrogens with one attached hydrogen (secondary N) is 1. The van der Waals surface area contributed by atoms with Crippen molar-refractivity contribution in [3.05, 3.63) is 54.4 Å². The fourth-order valence-electron chi connectivity index (χ4n) is 3.15. The van der Waals surface area contributed by atoms with Crippen LogP contribution in [0.25, 0.3) is 10.9 Å². The second-order valence-electron chi connectivity index (χ2n) is 6.83. The molecule has 7 heteroatoms. The summed E-state index contributed by atoms with van der Waals surface area (Å²) < 4.78 is 16.8. The summed E-state index contributed by atoms with van der Waals surface area (Å²) in [7, 11) is 0. The number of nitrogens with zero attached hydrogens (tertiary/aromatic N) is 2. The van der Waals surface area contributed by atoms with Crippen LogP contribution in [0.15, 0.2) is 47.2 Å². The first-order valence-electron chi connectivity index (χ1n) is 8.96. The van der Waals surface area contributed by atoms with Crippen molar-refractivity contribution >= 4 is 16.8 Å². The Hall–Kier alpha value is -2.93. The molecule has 1 aliphatic rings. The van der Waals surface area contributed by atoms with Crippen molar-refractivity contribution in [2.75, 3.05) is 13.2 Å². The maximum atomic E-state index is 12.3. The number of carbonyl (C=O) groups excluding carboxylic acids is 1. The third-order valence-corrected chi connectivity index (χ3v) is 4.65. The highest BCUT2D eigenvalue weighted by Crippen LogP contribution is 2.25. The van der Waals surface area contributed by atoms with Crippen LogP contribution >= 0.6 is 0 Å². The van der Waals surface area contributed by atoms with Crippen LogP contribution in [0.2, 0.25) is 0 Å². The van der Waals surface area contributed by atoms with Gasteiger partial charge in [0.25, 0.3) is 5.91 Å². The SMILES string of the molecule is CC1(CNC(=O)c2coc(COc3cccc4cccnc34)n2)CCCO1. The first kappa shape index (κ1) is 17.5. The number of para-hydroxylation sites is 1. The smallest absolute Gasteiger partial charge is 0.273 e. The number of aromatic nitrogens is 2. The molecule has 1 unspecified atom stereocenters. The summed E-state index contributed by atoms with van der Waals surface area (Å²) in [5, 5.41) is 3.85. The van der Waals surface area contributed by atoms with E-state index in [0.29, 0.717) is 18.2 Å². The van der Waals surface area contributed by atoms with Crippen LogP contribution in [-0.2, 0) is 11.3 Å². The zero-order valence-corrected chi connectivity index (χ0v) is 15.1. The molecule has 1 N–H and O–H groups in total. The molecule has 0 saturated carbocycles. The highest BCUT2D eigenvalue weighted by Gasteiger charge is 2.30. The summed E-state index contributed by atoms with van der Waals surface area (Å²) in [6.07, 6.45) is 5.01. The predicted octanol–water partition coefficient (Wildman–Crippen LogP) is 3.10. The Balaban J connectivity index is 1.37. The second kappa shape index (κ2) is 7.36. The van der Waals surface area contributed by atoms with Gasteiger partial charge in [-0.3, -0.25) is 9.78 Å². The fourth-order valence-corrected chi connectivity index (χ4v) is 3.15. The Morgan fingerprint density at radius 3 is 3.07 bits per heavy atom. The standard InChI is InChI=1S/C20H21N3O4/c1-20(8-4-10-27-20)13-22-19(24)15-11-26-17(23-15)12-25-16-7-2-5-14-6-3-9-21-18(14)16/h2-3,5-7,9,11H,4,8,10,12-13H2,1H3,(H,22,24). The van der Waals surface area contributed by atoms with E-state index >= 15 is 0 Å². The van der Waals surface area contributed by atoms with Crippen LogP contribution in [-0.4, -0.2) is 34.6 Å². The van der Waals surface area contributed by atoms with Crippen molar-refractivity contribution in [3.8, 4) is 5.75 Å². The van der Waals surface area contributed by atoms with Gasteiger partial charge in [-0.2, -0.15) is 0 Å². The van der Waals surface area contributed by atoms with E-state index in [2.05, 4.69) is 15.3 Å². The van der Waals surface area contributed by atoms with E-state index in [4.69, 9.17) is 13.9 Å². The number of hydrogen-bond acceptors (Lipinski definition) is 6. The molecular formula is C20H21N3O4. The highest BCUT2D eigenvalue weighted by molar-refractivity contribution is 5.92. The summed E-state index contributed by atoms with van der Waals surface area (Å²) in [6, 6.07) is 9.56. The molecule has 140 valence electrons. The maximum absolute atomic E-state index is 12.3. The van der Waals surface area contributed by atoms with Gasteiger partial charge in [0.2, 0.25) is 5.89 Å². The zero-order valence-electron chi connectivity index (χ0n) is 15.1. The van der Waals surface area contributed by atoms with Crippen molar-refractivity contribution < 1.29 is 18.7 Å². The molecule has 3 aromatic rings. The fraction of sp³-hybridized carbons (Fsp3) is 0.350. The number of rotatable bonds is 6. The van der Waals surface area contributed by atoms with Crippen molar-refractivity contribution in [2.24, 2.45) is 0 Å². The van der Waals surface area contributed by atoms with E-state index in [9.17, 15) is 4.79 Å². The topological polar surface area (TPSA) is 86.5 Å². The van der Waals surface area contributed by atoms with Gasteiger partial charge in [0.05, 0.1) is 5.60 Å². The Morgan fingerprint density at radius 1 is 1.33 bits per heavy atom. The third-order valence-electron chi connectivity index (χ3n) is 4.65. The molecule has 0 radical (unpaired) electrons. The van der Waals surface area contributed by atoms with E-state index in [-0.39, 0.29) is 23.8 Å². The summed E-state index contributed by atoms with van der Waals surface area (Å²) in [6.45, 7) is 3.30. The second-order valence-corrected chi connectivity index (χ2v) is 6.83. The molecule has 27 heavy (non-hydrogen) atoms. The van der Waals surface area contributed by atoms with Gasteiger partial charge in [-0.25, -0.2) is 4.98 Å². The molecule has 0 bridgehead atoms. The maximum Gasteiger partial charge on any atom is 0.273 e. The summed E-state index contributed by atoms with van der Waals surface area (Å²) in [5.74, 6) is 0.688. The Morgan fingerprint density at radius 2 is 2.22 bits per heavy atom. The van der Waals surface area contributed by atoms with Crippen molar-refractivity contribution in [1.29, 1.82) is 0 Å². The minimum absolute atomic E-state index is 0.115. The lowest BCUT2D eigenvalue weighted by atomic mass is 10.0. The monoisotopic (exact) mass is 367 g/mol. The molecule has 3 heterocycles. The molecule has 1 amide bonds. The van der Waals surface area contributed by atoms with Gasteiger partial charge < -0.3 is 19.2 Å². The summed E-state index contributed by atoms with van der Waals surface area (Å²) in [5.41, 5.74) is 0.702.